The minimum Gasteiger partial charge on any atom is -0.457 e. The quantitative estimate of drug-likeness (QED) is 0.141. The summed E-state index contributed by atoms with van der Waals surface area (Å²) in [5.41, 5.74) is 4.65. The maximum absolute atomic E-state index is 12.8. The van der Waals surface area contributed by atoms with Gasteiger partial charge in [-0.15, -0.1) is 46.2 Å². The normalized spacial score (nSPS) is 10.8. The molecule has 0 bridgehead atoms. The first-order chi connectivity index (χ1) is 22.0. The van der Waals surface area contributed by atoms with Gasteiger partial charge in [-0.05, 0) is 85.3 Å². The number of nitrogens with one attached hydrogen (secondary N) is 2. The van der Waals surface area contributed by atoms with Crippen LogP contribution in [0.2, 0.25) is 0 Å². The Hall–Kier alpha value is -4.42. The number of hydrogen-bond donors (Lipinski definition) is 2. The molecule has 0 unspecified atom stereocenters. The van der Waals surface area contributed by atoms with Crippen molar-refractivity contribution in [3.8, 4) is 34.0 Å². The Morgan fingerprint density at radius 2 is 1.00 bits per heavy atom. The Balaban J connectivity index is 1.06. The van der Waals surface area contributed by atoms with Crippen LogP contribution >= 0.6 is 46.2 Å². The monoisotopic (exact) mass is 666 g/mol. The highest BCUT2D eigenvalue weighted by Gasteiger charge is 2.15. The first-order valence-electron chi connectivity index (χ1n) is 13.7. The molecular formula is C34H26N4O3S4. The molecule has 0 saturated carbocycles. The molecule has 2 aromatic heterocycles. The molecule has 0 fully saturated rings. The predicted octanol–water partition coefficient (Wildman–Crippen LogP) is 9.67. The molecule has 6 aromatic rings. The van der Waals surface area contributed by atoms with Crippen molar-refractivity contribution >= 4 is 68.3 Å². The van der Waals surface area contributed by atoms with E-state index in [9.17, 15) is 9.59 Å². The second kappa shape index (κ2) is 14.1. The van der Waals surface area contributed by atoms with Crippen LogP contribution in [-0.4, -0.2) is 34.3 Å². The number of hydrogen-bond acceptors (Lipinski definition) is 9. The molecule has 4 aromatic carbocycles. The zero-order chi connectivity index (χ0) is 31.2. The zero-order valence-electron chi connectivity index (χ0n) is 24.1. The smallest absolute Gasteiger partial charge is 0.258 e. The number of amides is 2. The molecule has 0 aliphatic rings. The Labute approximate surface area is 277 Å². The average Bonchev–Trinajstić information content (AvgIpc) is 3.75. The maximum Gasteiger partial charge on any atom is 0.258 e. The van der Waals surface area contributed by atoms with Crippen molar-refractivity contribution in [3.05, 3.63) is 119 Å². The SMILES string of the molecule is CSc1ccccc1C(=O)Nc1nc(-c2ccc(Oc3ccc(-c4csc(NC(=O)c5ccccc5SC)n4)cc3)cc2)cs1. The van der Waals surface area contributed by atoms with Crippen molar-refractivity contribution in [3.63, 3.8) is 0 Å². The number of carbonyl (C=O) groups is 2. The molecule has 0 saturated heterocycles. The topological polar surface area (TPSA) is 93.2 Å². The van der Waals surface area contributed by atoms with Crippen molar-refractivity contribution in [2.24, 2.45) is 0 Å². The fourth-order valence-corrected chi connectivity index (χ4v) is 7.06. The maximum atomic E-state index is 12.8. The number of rotatable bonds is 10. The minimum atomic E-state index is -0.176. The van der Waals surface area contributed by atoms with E-state index >= 15 is 0 Å². The van der Waals surface area contributed by atoms with Gasteiger partial charge in [0.2, 0.25) is 0 Å². The summed E-state index contributed by atoms with van der Waals surface area (Å²) in [7, 11) is 0. The van der Waals surface area contributed by atoms with Crippen molar-refractivity contribution in [2.45, 2.75) is 9.79 Å². The van der Waals surface area contributed by atoms with E-state index in [0.29, 0.717) is 32.9 Å². The van der Waals surface area contributed by atoms with Gasteiger partial charge in [0.05, 0.1) is 22.5 Å². The lowest BCUT2D eigenvalue weighted by atomic mass is 10.1. The number of carbonyl (C=O) groups excluding carboxylic acids is 2. The van der Waals surface area contributed by atoms with Crippen molar-refractivity contribution in [1.82, 2.24) is 9.97 Å². The summed E-state index contributed by atoms with van der Waals surface area (Å²) in [6.07, 6.45) is 3.90. The molecule has 0 aliphatic carbocycles. The molecule has 6 rings (SSSR count). The van der Waals surface area contributed by atoms with Crippen LogP contribution in [-0.2, 0) is 0 Å². The van der Waals surface area contributed by atoms with Gasteiger partial charge in [0.15, 0.2) is 10.3 Å². The van der Waals surface area contributed by atoms with Gasteiger partial charge in [-0.25, -0.2) is 9.97 Å². The summed E-state index contributed by atoms with van der Waals surface area (Å²) in [5, 5.41) is 10.7. The van der Waals surface area contributed by atoms with Gasteiger partial charge in [-0.2, -0.15) is 0 Å². The van der Waals surface area contributed by atoms with Crippen LogP contribution in [0.5, 0.6) is 11.5 Å². The molecule has 0 aliphatic heterocycles. The number of anilines is 2. The summed E-state index contributed by atoms with van der Waals surface area (Å²) < 4.78 is 6.06. The molecule has 45 heavy (non-hydrogen) atoms. The Morgan fingerprint density at radius 3 is 1.40 bits per heavy atom. The first-order valence-corrected chi connectivity index (χ1v) is 17.9. The van der Waals surface area contributed by atoms with Crippen LogP contribution in [0.15, 0.2) is 118 Å². The standard InChI is InChI=1S/C34H26N4O3S4/c1-42-29-9-5-3-7-25(29)31(39)37-33-35-27(19-44-33)21-11-15-23(16-12-21)41-24-17-13-22(14-18-24)28-20-45-34(36-28)38-32(40)26-8-4-6-10-30(26)43-2/h3-20H,1-2H3,(H,35,37,39)(H,36,38,40). The number of benzene rings is 4. The van der Waals surface area contributed by atoms with Gasteiger partial charge >= 0.3 is 0 Å². The van der Waals surface area contributed by atoms with E-state index in [1.807, 2.05) is 120 Å². The van der Waals surface area contributed by atoms with Crippen molar-refractivity contribution in [2.75, 3.05) is 23.1 Å². The fraction of sp³-hybridized carbons (Fsp3) is 0.0588. The number of thiazole rings is 2. The number of nitrogens with zero attached hydrogens (tertiary/aromatic N) is 2. The molecule has 7 nitrogen and oxygen atoms in total. The Kier molecular flexibility index (Phi) is 9.61. The highest BCUT2D eigenvalue weighted by atomic mass is 32.2. The van der Waals surface area contributed by atoms with Crippen LogP contribution in [0.1, 0.15) is 20.7 Å². The van der Waals surface area contributed by atoms with Gasteiger partial charge < -0.3 is 4.74 Å². The van der Waals surface area contributed by atoms with E-state index in [4.69, 9.17) is 4.74 Å². The van der Waals surface area contributed by atoms with Crippen LogP contribution in [0, 0.1) is 0 Å². The van der Waals surface area contributed by atoms with Crippen LogP contribution in [0.3, 0.4) is 0 Å². The minimum absolute atomic E-state index is 0.176. The summed E-state index contributed by atoms with van der Waals surface area (Å²) in [5.74, 6) is 1.03. The first kappa shape index (κ1) is 30.6. The summed E-state index contributed by atoms with van der Waals surface area (Å²) in [6.45, 7) is 0. The lowest BCUT2D eigenvalue weighted by Gasteiger charge is -2.07. The molecule has 224 valence electrons. The molecule has 0 atom stereocenters. The summed E-state index contributed by atoms with van der Waals surface area (Å²) in [6, 6.07) is 30.3. The third kappa shape index (κ3) is 7.29. The Morgan fingerprint density at radius 1 is 0.600 bits per heavy atom. The lowest BCUT2D eigenvalue weighted by molar-refractivity contribution is 0.101. The summed E-state index contributed by atoms with van der Waals surface area (Å²) >= 11 is 5.84. The fourth-order valence-electron chi connectivity index (χ4n) is 4.44. The largest absolute Gasteiger partial charge is 0.457 e. The Bertz CT molecular complexity index is 1810. The van der Waals surface area contributed by atoms with Gasteiger partial charge in [-0.1, -0.05) is 24.3 Å². The van der Waals surface area contributed by atoms with Gasteiger partial charge in [0.25, 0.3) is 11.8 Å². The second-order valence-corrected chi connectivity index (χ2v) is 12.9. The van der Waals surface area contributed by atoms with Gasteiger partial charge in [0, 0.05) is 31.7 Å². The molecular weight excluding hydrogens is 641 g/mol. The third-order valence-electron chi connectivity index (χ3n) is 6.69. The van der Waals surface area contributed by atoms with Crippen molar-refractivity contribution < 1.29 is 14.3 Å². The molecule has 0 spiro atoms. The predicted molar refractivity (Wildman–Crippen MR) is 188 cm³/mol. The molecule has 11 heteroatoms. The summed E-state index contributed by atoms with van der Waals surface area (Å²) in [4.78, 5) is 36.6. The molecule has 0 radical (unpaired) electrons. The molecule has 2 heterocycles. The van der Waals surface area contributed by atoms with E-state index in [-0.39, 0.29) is 11.8 Å². The highest BCUT2D eigenvalue weighted by Crippen LogP contribution is 2.31. The number of ether oxygens (including phenoxy) is 1. The number of aromatic nitrogens is 2. The van der Waals surface area contributed by atoms with Crippen molar-refractivity contribution in [1.29, 1.82) is 0 Å². The third-order valence-corrected chi connectivity index (χ3v) is 9.80. The highest BCUT2D eigenvalue weighted by molar-refractivity contribution is 7.99. The number of thioether (sulfide) groups is 2. The zero-order valence-corrected chi connectivity index (χ0v) is 27.4. The van der Waals surface area contributed by atoms with E-state index in [2.05, 4.69) is 20.6 Å². The van der Waals surface area contributed by atoms with Crippen LogP contribution < -0.4 is 15.4 Å². The lowest BCUT2D eigenvalue weighted by Crippen LogP contribution is -2.12. The molecule has 2 N–H and O–H groups in total. The second-order valence-electron chi connectivity index (χ2n) is 9.54. The van der Waals surface area contributed by atoms with E-state index in [1.165, 1.54) is 46.2 Å². The van der Waals surface area contributed by atoms with E-state index in [0.717, 1.165) is 32.3 Å². The molecule has 2 amide bonds. The van der Waals surface area contributed by atoms with E-state index in [1.54, 1.807) is 0 Å². The van der Waals surface area contributed by atoms with E-state index < -0.39 is 0 Å². The van der Waals surface area contributed by atoms with Gasteiger partial charge in [-0.3, -0.25) is 20.2 Å². The average molecular weight is 667 g/mol. The van der Waals surface area contributed by atoms with Crippen LogP contribution in [0.25, 0.3) is 22.5 Å². The van der Waals surface area contributed by atoms with Crippen LogP contribution in [0.4, 0.5) is 10.3 Å². The van der Waals surface area contributed by atoms with Gasteiger partial charge in [0.1, 0.15) is 11.5 Å².